The average Bonchev–Trinajstić information content (AvgIpc) is 3.14. The minimum Gasteiger partial charge on any atom is -0.383 e. The van der Waals surface area contributed by atoms with E-state index in [9.17, 15) is 14.4 Å². The van der Waals surface area contributed by atoms with Crippen molar-refractivity contribution in [2.45, 2.75) is 13.5 Å². The Kier molecular flexibility index (Phi) is 6.85. The van der Waals surface area contributed by atoms with Gasteiger partial charge in [0, 0.05) is 36.3 Å². The number of nitrogens with one attached hydrogen (secondary N) is 2. The topological polar surface area (TPSA) is 92.7 Å². The lowest BCUT2D eigenvalue weighted by Gasteiger charge is -2.29. The zero-order valence-electron chi connectivity index (χ0n) is 18.8. The van der Waals surface area contributed by atoms with E-state index in [4.69, 9.17) is 17.0 Å². The molecule has 1 aliphatic heterocycles. The molecule has 2 N–H and O–H groups in total. The highest BCUT2D eigenvalue weighted by Gasteiger charge is 2.34. The van der Waals surface area contributed by atoms with Crippen LogP contribution in [0.25, 0.3) is 17.0 Å². The van der Waals surface area contributed by atoms with Gasteiger partial charge in [-0.3, -0.25) is 24.6 Å². The van der Waals surface area contributed by atoms with Crippen LogP contribution in [0, 0.1) is 6.92 Å². The zero-order valence-corrected chi connectivity index (χ0v) is 19.6. The molecule has 2 aromatic carbocycles. The molecule has 1 saturated heterocycles. The minimum atomic E-state index is -0.562. The van der Waals surface area contributed by atoms with Crippen LogP contribution in [0.3, 0.4) is 0 Å². The Morgan fingerprint density at radius 2 is 1.97 bits per heavy atom. The summed E-state index contributed by atoms with van der Waals surface area (Å²) in [6.45, 7) is 2.84. The highest BCUT2D eigenvalue weighted by molar-refractivity contribution is 7.80. The van der Waals surface area contributed by atoms with Crippen LogP contribution < -0.4 is 15.5 Å². The average molecular weight is 477 g/mol. The summed E-state index contributed by atoms with van der Waals surface area (Å²) >= 11 is 5.28. The highest BCUT2D eigenvalue weighted by Crippen LogP contribution is 2.27. The minimum absolute atomic E-state index is 0.0351. The van der Waals surface area contributed by atoms with Gasteiger partial charge in [0.1, 0.15) is 12.1 Å². The number of nitrogens with zero attached hydrogens (tertiary/aromatic N) is 2. The van der Waals surface area contributed by atoms with E-state index in [2.05, 4.69) is 10.6 Å². The van der Waals surface area contributed by atoms with Crippen LogP contribution in [0.5, 0.6) is 0 Å². The highest BCUT2D eigenvalue weighted by atomic mass is 32.1. The summed E-state index contributed by atoms with van der Waals surface area (Å²) < 4.78 is 6.75. The first-order valence-corrected chi connectivity index (χ1v) is 11.1. The Hall–Kier alpha value is -3.82. The molecule has 174 valence electrons. The van der Waals surface area contributed by atoms with Crippen LogP contribution in [-0.2, 0) is 25.7 Å². The van der Waals surface area contributed by atoms with Crippen LogP contribution in [0.15, 0.2) is 60.3 Å². The predicted octanol–water partition coefficient (Wildman–Crippen LogP) is 2.54. The van der Waals surface area contributed by atoms with Crippen molar-refractivity contribution in [3.63, 3.8) is 0 Å². The van der Waals surface area contributed by atoms with E-state index in [1.54, 1.807) is 30.0 Å². The first-order chi connectivity index (χ1) is 16.4. The molecule has 3 aromatic rings. The summed E-state index contributed by atoms with van der Waals surface area (Å²) in [6.07, 6.45) is 3.31. The van der Waals surface area contributed by atoms with Crippen LogP contribution in [-0.4, -0.2) is 47.7 Å². The fraction of sp³-hybridized carbons (Fsp3) is 0.200. The summed E-state index contributed by atoms with van der Waals surface area (Å²) in [5, 5.41) is 6.26. The number of hydrogen-bond donors (Lipinski definition) is 2. The number of methoxy groups -OCH3 is 1. The van der Waals surface area contributed by atoms with Gasteiger partial charge in [0.2, 0.25) is 5.91 Å². The lowest BCUT2D eigenvalue weighted by molar-refractivity contribution is -0.123. The van der Waals surface area contributed by atoms with Crippen molar-refractivity contribution in [3.05, 3.63) is 71.4 Å². The summed E-state index contributed by atoms with van der Waals surface area (Å²) in [5.41, 5.74) is 2.96. The standard InChI is InChI=1S/C25H24N4O4S/c1-16-6-5-7-18(12-16)29-24(32)20(23(31)27-25(29)34)13-17-14-28(15-22(30)26-10-11-33-2)21-9-4-3-8-19(17)21/h3-9,12-14H,10-11,15H2,1-2H3,(H,26,30)(H,27,31,34)/b20-13+. The molecule has 0 bridgehead atoms. The van der Waals surface area contributed by atoms with Crippen molar-refractivity contribution < 1.29 is 19.1 Å². The molecule has 34 heavy (non-hydrogen) atoms. The van der Waals surface area contributed by atoms with Crippen molar-refractivity contribution in [1.82, 2.24) is 15.2 Å². The van der Waals surface area contributed by atoms with E-state index in [0.29, 0.717) is 24.4 Å². The van der Waals surface area contributed by atoms with Gasteiger partial charge in [-0.15, -0.1) is 0 Å². The van der Waals surface area contributed by atoms with Crippen molar-refractivity contribution in [3.8, 4) is 0 Å². The zero-order chi connectivity index (χ0) is 24.2. The first kappa shape index (κ1) is 23.3. The first-order valence-electron chi connectivity index (χ1n) is 10.7. The Morgan fingerprint density at radius 1 is 1.18 bits per heavy atom. The number of rotatable bonds is 7. The van der Waals surface area contributed by atoms with Gasteiger partial charge >= 0.3 is 0 Å². The van der Waals surface area contributed by atoms with Gasteiger partial charge in [0.15, 0.2) is 5.11 Å². The van der Waals surface area contributed by atoms with E-state index >= 15 is 0 Å². The number of thiocarbonyl (C=S) groups is 1. The van der Waals surface area contributed by atoms with Crippen molar-refractivity contribution in [2.24, 2.45) is 0 Å². The summed E-state index contributed by atoms with van der Waals surface area (Å²) in [4.78, 5) is 39.8. The number of hydrogen-bond acceptors (Lipinski definition) is 5. The number of benzene rings is 2. The van der Waals surface area contributed by atoms with E-state index < -0.39 is 11.8 Å². The van der Waals surface area contributed by atoms with Crippen molar-refractivity contribution in [1.29, 1.82) is 0 Å². The molecule has 1 aromatic heterocycles. The molecule has 0 saturated carbocycles. The Morgan fingerprint density at radius 3 is 2.74 bits per heavy atom. The summed E-state index contributed by atoms with van der Waals surface area (Å²) in [6, 6.07) is 14.8. The van der Waals surface area contributed by atoms with Crippen LogP contribution in [0.4, 0.5) is 5.69 Å². The Bertz CT molecular complexity index is 1330. The number of aromatic nitrogens is 1. The molecule has 2 heterocycles. The monoisotopic (exact) mass is 476 g/mol. The molecule has 0 aliphatic carbocycles. The normalized spacial score (nSPS) is 15.2. The van der Waals surface area contributed by atoms with Gasteiger partial charge in [-0.05, 0) is 49.0 Å². The third-order valence-electron chi connectivity index (χ3n) is 5.42. The maximum absolute atomic E-state index is 13.4. The Labute approximate surface area is 202 Å². The van der Waals surface area contributed by atoms with E-state index in [0.717, 1.165) is 16.5 Å². The Balaban J connectivity index is 1.70. The van der Waals surface area contributed by atoms with Crippen molar-refractivity contribution in [2.75, 3.05) is 25.2 Å². The second-order valence-electron chi connectivity index (χ2n) is 7.87. The van der Waals surface area contributed by atoms with E-state index in [1.807, 2.05) is 49.4 Å². The van der Waals surface area contributed by atoms with Gasteiger partial charge in [-0.2, -0.15) is 0 Å². The smallest absolute Gasteiger partial charge is 0.270 e. The molecule has 3 amide bonds. The molecular formula is C25H24N4O4S. The molecule has 0 spiro atoms. The lowest BCUT2D eigenvalue weighted by Crippen LogP contribution is -2.54. The molecular weight excluding hydrogens is 452 g/mol. The number of ether oxygens (including phenoxy) is 1. The lowest BCUT2D eigenvalue weighted by atomic mass is 10.1. The van der Waals surface area contributed by atoms with E-state index in [-0.39, 0.29) is 23.1 Å². The summed E-state index contributed by atoms with van der Waals surface area (Å²) in [5.74, 6) is -1.24. The molecule has 1 aliphatic rings. The third-order valence-corrected chi connectivity index (χ3v) is 5.71. The number of amides is 3. The van der Waals surface area contributed by atoms with E-state index in [1.165, 1.54) is 4.90 Å². The number of fused-ring (bicyclic) bond motifs is 1. The second-order valence-corrected chi connectivity index (χ2v) is 8.26. The number of carbonyl (C=O) groups is 3. The van der Waals surface area contributed by atoms with Crippen LogP contribution >= 0.6 is 12.2 Å². The molecule has 8 nitrogen and oxygen atoms in total. The summed E-state index contributed by atoms with van der Waals surface area (Å²) in [7, 11) is 1.57. The molecule has 0 unspecified atom stereocenters. The predicted molar refractivity (Wildman–Crippen MR) is 134 cm³/mol. The fourth-order valence-corrected chi connectivity index (χ4v) is 4.12. The van der Waals surface area contributed by atoms with Gasteiger partial charge in [0.25, 0.3) is 11.8 Å². The molecule has 0 radical (unpaired) electrons. The molecule has 9 heteroatoms. The molecule has 0 atom stereocenters. The third kappa shape index (κ3) is 4.75. The molecule has 1 fully saturated rings. The van der Waals surface area contributed by atoms with Gasteiger partial charge in [-0.25, -0.2) is 0 Å². The van der Waals surface area contributed by atoms with Crippen LogP contribution in [0.1, 0.15) is 11.1 Å². The number of para-hydroxylation sites is 1. The maximum Gasteiger partial charge on any atom is 0.270 e. The number of carbonyl (C=O) groups excluding carboxylic acids is 3. The molecule has 4 rings (SSSR count). The van der Waals surface area contributed by atoms with Gasteiger partial charge in [0.05, 0.1) is 12.3 Å². The fourth-order valence-electron chi connectivity index (χ4n) is 3.84. The van der Waals surface area contributed by atoms with Crippen molar-refractivity contribution >= 4 is 57.7 Å². The van der Waals surface area contributed by atoms with Crippen LogP contribution in [0.2, 0.25) is 0 Å². The number of aryl methyl sites for hydroxylation is 1. The van der Waals surface area contributed by atoms with Gasteiger partial charge < -0.3 is 14.6 Å². The second kappa shape index (κ2) is 9.98. The largest absolute Gasteiger partial charge is 0.383 e. The maximum atomic E-state index is 13.4. The quantitative estimate of drug-likeness (QED) is 0.237. The number of anilines is 1. The van der Waals surface area contributed by atoms with Gasteiger partial charge in [-0.1, -0.05) is 30.3 Å². The SMILES string of the molecule is COCCNC(=O)Cn1cc(/C=C2\C(=O)NC(=S)N(c3cccc(C)c3)C2=O)c2ccccc21.